The molecule has 0 unspecified atom stereocenters. The Morgan fingerprint density at radius 1 is 1.38 bits per heavy atom. The van der Waals surface area contributed by atoms with Crippen LogP contribution >= 0.6 is 0 Å². The highest BCUT2D eigenvalue weighted by molar-refractivity contribution is 5.75. The first-order valence-corrected chi connectivity index (χ1v) is 4.91. The molecule has 13 heavy (non-hydrogen) atoms. The molecular weight excluding hydrogens is 166 g/mol. The quantitative estimate of drug-likeness (QED) is 0.574. The number of hydrogen-bond acceptors (Lipinski definition) is 3. The van der Waals surface area contributed by atoms with E-state index < -0.39 is 0 Å². The van der Waals surface area contributed by atoms with Crippen LogP contribution in [0.5, 0.6) is 0 Å². The van der Waals surface area contributed by atoms with Crippen LogP contribution in [-0.4, -0.2) is 44.0 Å². The number of carbonyl (C=O) groups excluding carboxylic acids is 1. The third-order valence-corrected chi connectivity index (χ3v) is 2.06. The van der Waals surface area contributed by atoms with Gasteiger partial charge >= 0.3 is 0 Å². The summed E-state index contributed by atoms with van der Waals surface area (Å²) < 4.78 is 4.99. The molecule has 0 aromatic heterocycles. The second kappa shape index (κ2) is 8.20. The molecule has 0 aromatic carbocycles. The number of carbonyl (C=O) groups is 1. The van der Waals surface area contributed by atoms with Gasteiger partial charge in [0.25, 0.3) is 0 Å². The van der Waals surface area contributed by atoms with Gasteiger partial charge < -0.3 is 14.4 Å². The normalized spacial score (nSPS) is 10.8. The Bertz CT molecular complexity index is 137. The molecule has 3 heteroatoms. The number of rotatable bonds is 8. The van der Waals surface area contributed by atoms with Gasteiger partial charge in [-0.25, -0.2) is 0 Å². The summed E-state index contributed by atoms with van der Waals surface area (Å²) in [6.07, 6.45) is 1.66. The molecule has 78 valence electrons. The Balaban J connectivity index is 3.41. The third kappa shape index (κ3) is 7.94. The molecule has 0 aliphatic carbocycles. The molecule has 0 aliphatic rings. The zero-order chi connectivity index (χ0) is 10.1. The van der Waals surface area contributed by atoms with Crippen LogP contribution in [0.25, 0.3) is 0 Å². The molecule has 0 fully saturated rings. The van der Waals surface area contributed by atoms with Crippen molar-refractivity contribution in [3.8, 4) is 0 Å². The lowest BCUT2D eigenvalue weighted by atomic mass is 10.2. The topological polar surface area (TPSA) is 29.5 Å². The minimum Gasteiger partial charge on any atom is -0.383 e. The van der Waals surface area contributed by atoms with E-state index in [1.165, 1.54) is 0 Å². The van der Waals surface area contributed by atoms with Gasteiger partial charge in [0, 0.05) is 20.1 Å². The highest BCUT2D eigenvalue weighted by Crippen LogP contribution is 1.95. The fourth-order valence-electron chi connectivity index (χ4n) is 1.20. The average molecular weight is 187 g/mol. The second-order valence-electron chi connectivity index (χ2n) is 3.23. The highest BCUT2D eigenvalue weighted by atomic mass is 16.5. The fraction of sp³-hybridized carbons (Fsp3) is 0.900. The maximum Gasteiger partial charge on any atom is 0.129 e. The Hall–Kier alpha value is -0.410. The van der Waals surface area contributed by atoms with Crippen LogP contribution in [0, 0.1) is 0 Å². The molecule has 0 saturated heterocycles. The van der Waals surface area contributed by atoms with E-state index in [4.69, 9.17) is 4.74 Å². The lowest BCUT2D eigenvalue weighted by molar-refractivity contribution is -0.117. The van der Waals surface area contributed by atoms with Crippen LogP contribution in [0.3, 0.4) is 0 Å². The van der Waals surface area contributed by atoms with E-state index in [-0.39, 0.29) is 5.78 Å². The summed E-state index contributed by atoms with van der Waals surface area (Å²) in [7, 11) is 1.71. The standard InChI is InChI=1S/C10H21NO2/c1-4-11(8-9-13-3)7-5-6-10(2)12/h4-9H2,1-3H3. The van der Waals surface area contributed by atoms with Crippen molar-refractivity contribution in [2.75, 3.05) is 33.4 Å². The van der Waals surface area contributed by atoms with Crippen molar-refractivity contribution in [2.24, 2.45) is 0 Å². The average Bonchev–Trinajstić information content (AvgIpc) is 2.10. The van der Waals surface area contributed by atoms with Gasteiger partial charge in [-0.3, -0.25) is 0 Å². The number of hydrogen-bond donors (Lipinski definition) is 0. The largest absolute Gasteiger partial charge is 0.383 e. The molecule has 0 aliphatic heterocycles. The highest BCUT2D eigenvalue weighted by Gasteiger charge is 2.01. The minimum atomic E-state index is 0.280. The number of methoxy groups -OCH3 is 1. The van der Waals surface area contributed by atoms with Gasteiger partial charge in [-0.05, 0) is 26.4 Å². The van der Waals surface area contributed by atoms with Crippen molar-refractivity contribution in [3.63, 3.8) is 0 Å². The van der Waals surface area contributed by atoms with Crippen molar-refractivity contribution in [3.05, 3.63) is 0 Å². The summed E-state index contributed by atoms with van der Waals surface area (Å²) in [4.78, 5) is 13.0. The number of Topliss-reactive ketones (excluding diaryl/α,β-unsaturated/α-hetero) is 1. The summed E-state index contributed by atoms with van der Waals surface area (Å²) in [5.41, 5.74) is 0. The smallest absolute Gasteiger partial charge is 0.129 e. The third-order valence-electron chi connectivity index (χ3n) is 2.06. The monoisotopic (exact) mass is 187 g/mol. The molecule has 0 spiro atoms. The van der Waals surface area contributed by atoms with Crippen LogP contribution in [0.2, 0.25) is 0 Å². The molecule has 0 rings (SSSR count). The molecule has 0 aromatic rings. The molecule has 0 N–H and O–H groups in total. The number of ether oxygens (including phenoxy) is 1. The van der Waals surface area contributed by atoms with Gasteiger partial charge in [0.05, 0.1) is 6.61 Å². The Morgan fingerprint density at radius 3 is 2.54 bits per heavy atom. The van der Waals surface area contributed by atoms with Gasteiger partial charge in [0.2, 0.25) is 0 Å². The first kappa shape index (κ1) is 12.6. The van der Waals surface area contributed by atoms with Crippen LogP contribution in [0.4, 0.5) is 0 Å². The van der Waals surface area contributed by atoms with Gasteiger partial charge in [-0.2, -0.15) is 0 Å². The predicted molar refractivity (Wildman–Crippen MR) is 53.9 cm³/mol. The van der Waals surface area contributed by atoms with E-state index in [2.05, 4.69) is 11.8 Å². The Morgan fingerprint density at radius 2 is 2.08 bits per heavy atom. The van der Waals surface area contributed by atoms with E-state index in [0.29, 0.717) is 6.42 Å². The molecule has 0 amide bonds. The first-order valence-electron chi connectivity index (χ1n) is 4.91. The fourth-order valence-corrected chi connectivity index (χ4v) is 1.20. The summed E-state index contributed by atoms with van der Waals surface area (Å²) in [5.74, 6) is 0.280. The summed E-state index contributed by atoms with van der Waals surface area (Å²) >= 11 is 0. The molecule has 3 nitrogen and oxygen atoms in total. The van der Waals surface area contributed by atoms with Gasteiger partial charge in [0.15, 0.2) is 0 Å². The Labute approximate surface area is 81.1 Å². The van der Waals surface area contributed by atoms with Crippen LogP contribution in [0.15, 0.2) is 0 Å². The molecule has 0 bridgehead atoms. The van der Waals surface area contributed by atoms with Crippen molar-refractivity contribution in [1.82, 2.24) is 4.90 Å². The molecule has 0 heterocycles. The van der Waals surface area contributed by atoms with E-state index in [1.54, 1.807) is 14.0 Å². The van der Waals surface area contributed by atoms with Crippen molar-refractivity contribution >= 4 is 5.78 Å². The van der Waals surface area contributed by atoms with Crippen LogP contribution in [0.1, 0.15) is 26.7 Å². The van der Waals surface area contributed by atoms with E-state index in [9.17, 15) is 4.79 Å². The molecule has 0 saturated carbocycles. The van der Waals surface area contributed by atoms with Crippen LogP contribution < -0.4 is 0 Å². The lowest BCUT2D eigenvalue weighted by Gasteiger charge is -2.19. The van der Waals surface area contributed by atoms with E-state index >= 15 is 0 Å². The zero-order valence-electron chi connectivity index (χ0n) is 9.01. The maximum atomic E-state index is 10.7. The molecule has 0 radical (unpaired) electrons. The van der Waals surface area contributed by atoms with Crippen LogP contribution in [-0.2, 0) is 9.53 Å². The summed E-state index contributed by atoms with van der Waals surface area (Å²) in [6, 6.07) is 0. The number of nitrogens with zero attached hydrogens (tertiary/aromatic N) is 1. The van der Waals surface area contributed by atoms with E-state index in [0.717, 1.165) is 32.7 Å². The predicted octanol–water partition coefficient (Wildman–Crippen LogP) is 1.32. The summed E-state index contributed by atoms with van der Waals surface area (Å²) in [6.45, 7) is 7.54. The first-order chi connectivity index (χ1) is 6.20. The van der Waals surface area contributed by atoms with Crippen molar-refractivity contribution in [2.45, 2.75) is 26.7 Å². The number of ketones is 1. The van der Waals surface area contributed by atoms with Gasteiger partial charge in [0.1, 0.15) is 5.78 Å². The maximum absolute atomic E-state index is 10.7. The zero-order valence-corrected chi connectivity index (χ0v) is 9.01. The number of likely N-dealkylation sites (N-methyl/N-ethyl adjacent to an activating group) is 1. The SMILES string of the molecule is CCN(CCCC(C)=O)CCOC. The van der Waals surface area contributed by atoms with Crippen molar-refractivity contribution in [1.29, 1.82) is 0 Å². The van der Waals surface area contributed by atoms with E-state index in [1.807, 2.05) is 0 Å². The lowest BCUT2D eigenvalue weighted by Crippen LogP contribution is -2.28. The van der Waals surface area contributed by atoms with Gasteiger partial charge in [-0.1, -0.05) is 6.92 Å². The second-order valence-corrected chi connectivity index (χ2v) is 3.23. The summed E-state index contributed by atoms with van der Waals surface area (Å²) in [5, 5.41) is 0. The van der Waals surface area contributed by atoms with Gasteiger partial charge in [-0.15, -0.1) is 0 Å². The molecule has 0 atom stereocenters. The Kier molecular flexibility index (Phi) is 7.94. The van der Waals surface area contributed by atoms with Crippen molar-refractivity contribution < 1.29 is 9.53 Å². The minimum absolute atomic E-state index is 0.280. The molecular formula is C10H21NO2.